The van der Waals surface area contributed by atoms with Gasteiger partial charge in [0.1, 0.15) is 11.5 Å². The first-order valence-corrected chi connectivity index (χ1v) is 11.0. The van der Waals surface area contributed by atoms with Crippen molar-refractivity contribution < 1.29 is 22.7 Å². The number of aromatic nitrogens is 4. The van der Waals surface area contributed by atoms with Gasteiger partial charge < -0.3 is 10.1 Å². The second kappa shape index (κ2) is 9.43. The summed E-state index contributed by atoms with van der Waals surface area (Å²) in [6.07, 6.45) is -3.02. The molecule has 0 bridgehead atoms. The van der Waals surface area contributed by atoms with Crippen LogP contribution in [0.3, 0.4) is 0 Å². The maximum absolute atomic E-state index is 13.1. The second-order valence-electron chi connectivity index (χ2n) is 8.07. The minimum Gasteiger partial charge on any atom is -0.379 e. The largest absolute Gasteiger partial charge is 0.416 e. The maximum Gasteiger partial charge on any atom is 0.416 e. The van der Waals surface area contributed by atoms with E-state index in [-0.39, 0.29) is 17.0 Å². The summed E-state index contributed by atoms with van der Waals surface area (Å²) >= 11 is 0. The number of carbonyl (C=O) groups excluding carboxylic acids is 1. The van der Waals surface area contributed by atoms with Gasteiger partial charge in [-0.2, -0.15) is 18.3 Å². The van der Waals surface area contributed by atoms with Crippen molar-refractivity contribution in [3.8, 4) is 11.3 Å². The van der Waals surface area contributed by atoms with Crippen molar-refractivity contribution in [2.24, 2.45) is 0 Å². The van der Waals surface area contributed by atoms with Crippen molar-refractivity contribution in [1.82, 2.24) is 24.5 Å². The normalized spacial score (nSPS) is 14.8. The minimum atomic E-state index is -4.47. The third kappa shape index (κ3) is 5.15. The summed E-state index contributed by atoms with van der Waals surface area (Å²) in [4.78, 5) is 24.0. The zero-order valence-corrected chi connectivity index (χ0v) is 18.5. The highest BCUT2D eigenvalue weighted by molar-refractivity contribution is 6.02. The molecule has 35 heavy (non-hydrogen) atoms. The van der Waals surface area contributed by atoms with E-state index in [9.17, 15) is 18.0 Å². The Morgan fingerprint density at radius 3 is 2.66 bits per heavy atom. The molecular formula is C24H21F3N6O2. The standard InChI is InChI=1S/C24H21F3N6O2/c25-24(26,27)17-4-1-3-16(13-17)19-14-22-28-8-7-20(33(22)31-19)23(34)30-21-6-2-5-18(29-21)15-32-9-11-35-12-10-32/h1-8,13-14H,9-12,15H2,(H,29,30,34). The van der Waals surface area contributed by atoms with Crippen molar-refractivity contribution >= 4 is 17.4 Å². The average molecular weight is 482 g/mol. The maximum atomic E-state index is 13.1. The highest BCUT2D eigenvalue weighted by Crippen LogP contribution is 2.32. The van der Waals surface area contributed by atoms with E-state index < -0.39 is 17.6 Å². The molecule has 5 rings (SSSR count). The van der Waals surface area contributed by atoms with Crippen molar-refractivity contribution in [2.75, 3.05) is 31.6 Å². The number of ether oxygens (including phenoxy) is 1. The molecule has 1 aromatic carbocycles. The summed E-state index contributed by atoms with van der Waals surface area (Å²) in [5, 5.41) is 7.13. The Morgan fingerprint density at radius 1 is 1.06 bits per heavy atom. The number of benzene rings is 1. The number of hydrogen-bond acceptors (Lipinski definition) is 6. The first-order chi connectivity index (χ1) is 16.9. The predicted molar refractivity (Wildman–Crippen MR) is 122 cm³/mol. The van der Waals surface area contributed by atoms with Gasteiger partial charge in [-0.15, -0.1) is 0 Å². The minimum absolute atomic E-state index is 0.175. The first-order valence-electron chi connectivity index (χ1n) is 11.0. The van der Waals surface area contributed by atoms with Crippen LogP contribution in [0.1, 0.15) is 21.7 Å². The number of pyridine rings is 1. The Kier molecular flexibility index (Phi) is 6.18. The van der Waals surface area contributed by atoms with Crippen LogP contribution >= 0.6 is 0 Å². The number of morpholine rings is 1. The number of halogens is 3. The molecule has 0 spiro atoms. The first kappa shape index (κ1) is 22.9. The number of anilines is 1. The summed E-state index contributed by atoms with van der Waals surface area (Å²) < 4.78 is 46.0. The average Bonchev–Trinajstić information content (AvgIpc) is 3.29. The van der Waals surface area contributed by atoms with Gasteiger partial charge in [-0.3, -0.25) is 9.69 Å². The molecule has 1 fully saturated rings. The van der Waals surface area contributed by atoms with E-state index in [0.717, 1.165) is 30.9 Å². The van der Waals surface area contributed by atoms with Gasteiger partial charge in [0.05, 0.1) is 30.2 Å². The molecule has 4 aromatic rings. The molecule has 1 amide bonds. The van der Waals surface area contributed by atoms with Crippen LogP contribution in [0.15, 0.2) is 60.8 Å². The number of fused-ring (bicyclic) bond motifs is 1. The Balaban J connectivity index is 1.38. The summed E-state index contributed by atoms with van der Waals surface area (Å²) in [5.74, 6) is -0.0805. The van der Waals surface area contributed by atoms with E-state index in [4.69, 9.17) is 4.74 Å². The van der Waals surface area contributed by atoms with Gasteiger partial charge in [0.2, 0.25) is 0 Å². The van der Waals surface area contributed by atoms with E-state index in [1.54, 1.807) is 6.07 Å². The number of carbonyl (C=O) groups is 1. The van der Waals surface area contributed by atoms with Crippen LogP contribution in [0, 0.1) is 0 Å². The number of nitrogens with zero attached hydrogens (tertiary/aromatic N) is 5. The molecule has 1 aliphatic heterocycles. The van der Waals surface area contributed by atoms with E-state index in [1.165, 1.54) is 35.0 Å². The zero-order valence-electron chi connectivity index (χ0n) is 18.5. The lowest BCUT2D eigenvalue weighted by Crippen LogP contribution is -2.35. The summed E-state index contributed by atoms with van der Waals surface area (Å²) in [6.45, 7) is 3.65. The fourth-order valence-electron chi connectivity index (χ4n) is 3.87. The Bertz CT molecular complexity index is 1360. The molecule has 1 aliphatic rings. The van der Waals surface area contributed by atoms with Crippen LogP contribution in [-0.2, 0) is 17.5 Å². The quantitative estimate of drug-likeness (QED) is 0.465. The third-order valence-corrected chi connectivity index (χ3v) is 5.61. The molecule has 8 nitrogen and oxygen atoms in total. The van der Waals surface area contributed by atoms with Gasteiger partial charge in [-0.05, 0) is 30.3 Å². The van der Waals surface area contributed by atoms with Gasteiger partial charge in [-0.1, -0.05) is 18.2 Å². The van der Waals surface area contributed by atoms with E-state index >= 15 is 0 Å². The molecule has 0 radical (unpaired) electrons. The number of hydrogen-bond donors (Lipinski definition) is 1. The summed E-state index contributed by atoms with van der Waals surface area (Å²) in [7, 11) is 0. The van der Waals surface area contributed by atoms with Crippen molar-refractivity contribution in [3.05, 3.63) is 77.7 Å². The smallest absolute Gasteiger partial charge is 0.379 e. The van der Waals surface area contributed by atoms with Crippen molar-refractivity contribution in [3.63, 3.8) is 0 Å². The van der Waals surface area contributed by atoms with E-state index in [0.29, 0.717) is 31.2 Å². The topological polar surface area (TPSA) is 84.7 Å². The van der Waals surface area contributed by atoms with Crippen LogP contribution in [0.2, 0.25) is 0 Å². The molecule has 4 heterocycles. The van der Waals surface area contributed by atoms with Gasteiger partial charge in [-0.25, -0.2) is 14.5 Å². The highest BCUT2D eigenvalue weighted by Gasteiger charge is 2.30. The fourth-order valence-corrected chi connectivity index (χ4v) is 3.87. The van der Waals surface area contributed by atoms with Crippen LogP contribution in [-0.4, -0.2) is 56.7 Å². The molecule has 3 aromatic heterocycles. The molecule has 0 unspecified atom stereocenters. The molecular weight excluding hydrogens is 461 g/mol. The molecule has 1 N–H and O–H groups in total. The van der Waals surface area contributed by atoms with Crippen LogP contribution in [0.4, 0.5) is 19.0 Å². The predicted octanol–water partition coefficient (Wildman–Crippen LogP) is 3.89. The molecule has 0 aliphatic carbocycles. The molecule has 11 heteroatoms. The lowest BCUT2D eigenvalue weighted by atomic mass is 10.1. The van der Waals surface area contributed by atoms with Gasteiger partial charge in [0.15, 0.2) is 5.65 Å². The van der Waals surface area contributed by atoms with Crippen molar-refractivity contribution in [1.29, 1.82) is 0 Å². The number of rotatable bonds is 5. The second-order valence-corrected chi connectivity index (χ2v) is 8.07. The third-order valence-electron chi connectivity index (χ3n) is 5.61. The molecule has 180 valence electrons. The lowest BCUT2D eigenvalue weighted by molar-refractivity contribution is -0.137. The van der Waals surface area contributed by atoms with Crippen LogP contribution < -0.4 is 5.32 Å². The Morgan fingerprint density at radius 2 is 1.86 bits per heavy atom. The number of amides is 1. The molecule has 0 atom stereocenters. The molecule has 1 saturated heterocycles. The Labute approximate surface area is 198 Å². The van der Waals surface area contributed by atoms with Gasteiger partial charge in [0, 0.05) is 37.5 Å². The van der Waals surface area contributed by atoms with Crippen LogP contribution in [0.25, 0.3) is 16.9 Å². The van der Waals surface area contributed by atoms with Gasteiger partial charge >= 0.3 is 6.18 Å². The SMILES string of the molecule is O=C(Nc1cccc(CN2CCOCC2)n1)c1ccnc2cc(-c3cccc(C(F)(F)F)c3)nn12. The monoisotopic (exact) mass is 482 g/mol. The van der Waals surface area contributed by atoms with E-state index in [2.05, 4.69) is 25.3 Å². The molecule has 0 saturated carbocycles. The highest BCUT2D eigenvalue weighted by atomic mass is 19.4. The Hall–Kier alpha value is -3.83. The van der Waals surface area contributed by atoms with Crippen LogP contribution in [0.5, 0.6) is 0 Å². The number of nitrogens with one attached hydrogen (secondary N) is 1. The lowest BCUT2D eigenvalue weighted by Gasteiger charge is -2.26. The van der Waals surface area contributed by atoms with Crippen molar-refractivity contribution in [2.45, 2.75) is 12.7 Å². The van der Waals surface area contributed by atoms with E-state index in [1.807, 2.05) is 12.1 Å². The summed E-state index contributed by atoms with van der Waals surface area (Å²) in [6, 6.07) is 13.3. The fraction of sp³-hybridized carbons (Fsp3) is 0.250. The van der Waals surface area contributed by atoms with Gasteiger partial charge in [0.25, 0.3) is 5.91 Å². The number of alkyl halides is 3. The zero-order chi connectivity index (χ0) is 24.4. The summed E-state index contributed by atoms with van der Waals surface area (Å²) in [5.41, 5.74) is 1.09.